The maximum Gasteiger partial charge on any atom is 0.244 e. The number of halogens is 1. The molecule has 1 amide bonds. The lowest BCUT2D eigenvalue weighted by Crippen LogP contribution is -2.42. The fourth-order valence-corrected chi connectivity index (χ4v) is 3.05. The average molecular weight is 338 g/mol. The van der Waals surface area contributed by atoms with Crippen LogP contribution in [0.2, 0.25) is 0 Å². The zero-order valence-corrected chi connectivity index (χ0v) is 13.0. The van der Waals surface area contributed by atoms with Crippen LogP contribution in [0.3, 0.4) is 0 Å². The van der Waals surface area contributed by atoms with Gasteiger partial charge in [-0.15, -0.1) is 0 Å². The largest absolute Gasteiger partial charge is 0.396 e. The highest BCUT2D eigenvalue weighted by Crippen LogP contribution is 2.23. The molecule has 0 aromatic heterocycles. The lowest BCUT2D eigenvalue weighted by Gasteiger charge is -2.30. The average Bonchev–Trinajstić information content (AvgIpc) is 2.46. The summed E-state index contributed by atoms with van der Waals surface area (Å²) in [6.45, 7) is 0.153. The van der Waals surface area contributed by atoms with E-state index >= 15 is 0 Å². The van der Waals surface area contributed by atoms with Crippen molar-refractivity contribution in [2.24, 2.45) is 5.92 Å². The lowest BCUT2D eigenvalue weighted by atomic mass is 9.85. The highest BCUT2D eigenvalue weighted by Gasteiger charge is 2.25. The van der Waals surface area contributed by atoms with Gasteiger partial charge in [0.1, 0.15) is 0 Å². The van der Waals surface area contributed by atoms with Crippen molar-refractivity contribution in [1.82, 2.24) is 5.32 Å². The van der Waals surface area contributed by atoms with Gasteiger partial charge in [0.2, 0.25) is 5.91 Å². The topological polar surface area (TPSA) is 49.3 Å². The number of benzene rings is 1. The third-order valence-corrected chi connectivity index (χ3v) is 4.24. The van der Waals surface area contributed by atoms with Crippen LogP contribution in [0.1, 0.15) is 31.2 Å². The predicted octanol–water partition coefficient (Wildman–Crippen LogP) is 3.13. The molecule has 3 nitrogen and oxygen atoms in total. The maximum absolute atomic E-state index is 11.9. The molecule has 1 aliphatic carbocycles. The van der Waals surface area contributed by atoms with Gasteiger partial charge in [0.25, 0.3) is 0 Å². The summed E-state index contributed by atoms with van der Waals surface area (Å²) in [4.78, 5) is 11.9. The summed E-state index contributed by atoms with van der Waals surface area (Å²) in [6, 6.07) is 7.90. The predicted molar refractivity (Wildman–Crippen MR) is 84.2 cm³/mol. The minimum atomic E-state index is -0.0877. The molecule has 1 aliphatic rings. The molecule has 1 aromatic rings. The normalized spacial score (nSPS) is 22.9. The number of carbonyl (C=O) groups is 1. The quantitative estimate of drug-likeness (QED) is 0.829. The van der Waals surface area contributed by atoms with Crippen LogP contribution in [0.25, 0.3) is 6.08 Å². The van der Waals surface area contributed by atoms with Crippen LogP contribution in [-0.2, 0) is 4.79 Å². The molecule has 0 spiro atoms. The van der Waals surface area contributed by atoms with Gasteiger partial charge in [-0.25, -0.2) is 0 Å². The Balaban J connectivity index is 1.91. The first-order chi connectivity index (χ1) is 9.69. The summed E-state index contributed by atoms with van der Waals surface area (Å²) in [5.41, 5.74) is 0.983. The zero-order chi connectivity index (χ0) is 14.4. The van der Waals surface area contributed by atoms with E-state index in [1.165, 1.54) is 0 Å². The van der Waals surface area contributed by atoms with Gasteiger partial charge in [0.15, 0.2) is 0 Å². The van der Waals surface area contributed by atoms with Gasteiger partial charge < -0.3 is 10.4 Å². The van der Waals surface area contributed by atoms with Crippen molar-refractivity contribution in [2.45, 2.75) is 31.7 Å². The molecule has 0 radical (unpaired) electrons. The minimum Gasteiger partial charge on any atom is -0.396 e. The number of aliphatic hydroxyl groups excluding tert-OH is 1. The van der Waals surface area contributed by atoms with E-state index in [0.29, 0.717) is 0 Å². The number of hydrogen-bond acceptors (Lipinski definition) is 2. The molecule has 0 aliphatic heterocycles. The van der Waals surface area contributed by atoms with Crippen molar-refractivity contribution in [3.05, 3.63) is 40.4 Å². The van der Waals surface area contributed by atoms with Gasteiger partial charge in [-0.05, 0) is 36.6 Å². The highest BCUT2D eigenvalue weighted by atomic mass is 79.9. The van der Waals surface area contributed by atoms with Gasteiger partial charge in [0.05, 0.1) is 0 Å². The number of aliphatic hydroxyl groups is 1. The third-order valence-electron chi connectivity index (χ3n) is 3.75. The van der Waals surface area contributed by atoms with Crippen molar-refractivity contribution >= 4 is 27.9 Å². The fourth-order valence-electron chi connectivity index (χ4n) is 2.63. The van der Waals surface area contributed by atoms with Crippen LogP contribution < -0.4 is 5.32 Å². The Labute approximate surface area is 128 Å². The Bertz CT molecular complexity index is 487. The van der Waals surface area contributed by atoms with Gasteiger partial charge >= 0.3 is 0 Å². The summed E-state index contributed by atoms with van der Waals surface area (Å²) in [5.74, 6) is 0.113. The maximum atomic E-state index is 11.9. The molecule has 2 unspecified atom stereocenters. The second kappa shape index (κ2) is 7.60. The van der Waals surface area contributed by atoms with Crippen molar-refractivity contribution in [3.8, 4) is 0 Å². The first-order valence-electron chi connectivity index (χ1n) is 7.04. The van der Waals surface area contributed by atoms with E-state index in [2.05, 4.69) is 21.2 Å². The number of rotatable bonds is 4. The smallest absolute Gasteiger partial charge is 0.244 e. The summed E-state index contributed by atoms with van der Waals surface area (Å²) >= 11 is 3.40. The Morgan fingerprint density at radius 3 is 2.95 bits per heavy atom. The molecular weight excluding hydrogens is 318 g/mol. The number of carbonyl (C=O) groups excluding carboxylic acids is 1. The molecule has 108 valence electrons. The zero-order valence-electron chi connectivity index (χ0n) is 11.4. The number of nitrogens with one attached hydrogen (secondary N) is 1. The standard InChI is InChI=1S/C16H20BrNO2/c17-14-6-3-4-12(10-14)8-9-16(20)18-15-7-2-1-5-13(15)11-19/h3-4,6,8-10,13,15,19H,1-2,5,7,11H2,(H,18,20)/b9-8+. The van der Waals surface area contributed by atoms with Gasteiger partial charge in [-0.1, -0.05) is 40.9 Å². The summed E-state index contributed by atoms with van der Waals surface area (Å²) < 4.78 is 0.993. The SMILES string of the molecule is O=C(/C=C/c1cccc(Br)c1)NC1CCCCC1CO. The van der Waals surface area contributed by atoms with Crippen LogP contribution in [0.4, 0.5) is 0 Å². The molecule has 2 N–H and O–H groups in total. The number of hydrogen-bond donors (Lipinski definition) is 2. The molecule has 1 aromatic carbocycles. The summed E-state index contributed by atoms with van der Waals surface area (Å²) in [7, 11) is 0. The molecule has 1 fully saturated rings. The molecule has 0 saturated heterocycles. The second-order valence-electron chi connectivity index (χ2n) is 5.23. The summed E-state index contributed by atoms with van der Waals surface area (Å²) in [6.07, 6.45) is 7.59. The van der Waals surface area contributed by atoms with Crippen molar-refractivity contribution < 1.29 is 9.90 Å². The van der Waals surface area contributed by atoms with Crippen LogP contribution in [-0.4, -0.2) is 23.7 Å². The molecule has 20 heavy (non-hydrogen) atoms. The van der Waals surface area contributed by atoms with Crippen LogP contribution >= 0.6 is 15.9 Å². The third kappa shape index (κ3) is 4.46. The van der Waals surface area contributed by atoms with Crippen molar-refractivity contribution in [2.75, 3.05) is 6.61 Å². The molecule has 1 saturated carbocycles. The van der Waals surface area contributed by atoms with Gasteiger partial charge in [0, 0.05) is 29.1 Å². The molecule has 2 atom stereocenters. The molecule has 4 heteroatoms. The first kappa shape index (κ1) is 15.3. The van der Waals surface area contributed by atoms with Gasteiger partial charge in [-0.3, -0.25) is 4.79 Å². The first-order valence-corrected chi connectivity index (χ1v) is 7.83. The van der Waals surface area contributed by atoms with E-state index in [0.717, 1.165) is 35.7 Å². The van der Waals surface area contributed by atoms with E-state index in [1.54, 1.807) is 12.2 Å². The van der Waals surface area contributed by atoms with E-state index in [9.17, 15) is 9.90 Å². The Kier molecular flexibility index (Phi) is 5.80. The van der Waals surface area contributed by atoms with E-state index in [1.807, 2.05) is 24.3 Å². The Hall–Kier alpha value is -1.13. The van der Waals surface area contributed by atoms with E-state index in [-0.39, 0.29) is 24.5 Å². The van der Waals surface area contributed by atoms with Gasteiger partial charge in [-0.2, -0.15) is 0 Å². The van der Waals surface area contributed by atoms with Crippen molar-refractivity contribution in [1.29, 1.82) is 0 Å². The van der Waals surface area contributed by atoms with Crippen LogP contribution in [0.15, 0.2) is 34.8 Å². The summed E-state index contributed by atoms with van der Waals surface area (Å²) in [5, 5.41) is 12.3. The molecule has 2 rings (SSSR count). The Morgan fingerprint density at radius 1 is 1.40 bits per heavy atom. The fraction of sp³-hybridized carbons (Fsp3) is 0.438. The van der Waals surface area contributed by atoms with E-state index < -0.39 is 0 Å². The molecular formula is C16H20BrNO2. The van der Waals surface area contributed by atoms with Crippen LogP contribution in [0.5, 0.6) is 0 Å². The van der Waals surface area contributed by atoms with Crippen LogP contribution in [0, 0.1) is 5.92 Å². The lowest BCUT2D eigenvalue weighted by molar-refractivity contribution is -0.117. The van der Waals surface area contributed by atoms with Crippen molar-refractivity contribution in [3.63, 3.8) is 0 Å². The minimum absolute atomic E-state index is 0.0877. The monoisotopic (exact) mass is 337 g/mol. The molecule has 0 bridgehead atoms. The second-order valence-corrected chi connectivity index (χ2v) is 6.15. The van der Waals surface area contributed by atoms with E-state index in [4.69, 9.17) is 0 Å². The molecule has 0 heterocycles. The Morgan fingerprint density at radius 2 is 2.20 bits per heavy atom. The highest BCUT2D eigenvalue weighted by molar-refractivity contribution is 9.10. The number of amides is 1.